The summed E-state index contributed by atoms with van der Waals surface area (Å²) in [6.45, 7) is 1.46. The van der Waals surface area contributed by atoms with Gasteiger partial charge in [-0.1, -0.05) is 18.5 Å². The smallest absolute Gasteiger partial charge is 0.314 e. The number of hydrogen-bond acceptors (Lipinski definition) is 6. The molecule has 3 N–H and O–H groups in total. The van der Waals surface area contributed by atoms with E-state index in [0.717, 1.165) is 0 Å². The fourth-order valence-electron chi connectivity index (χ4n) is 2.83. The number of carbonyl (C=O) groups excluding carboxylic acids is 2. The zero-order chi connectivity index (χ0) is 20.5. The van der Waals surface area contributed by atoms with E-state index in [9.17, 15) is 23.1 Å². The van der Waals surface area contributed by atoms with Crippen molar-refractivity contribution in [3.8, 4) is 5.69 Å². The summed E-state index contributed by atoms with van der Waals surface area (Å²) in [4.78, 5) is 24.5. The van der Waals surface area contributed by atoms with Gasteiger partial charge in [-0.25, -0.2) is 13.1 Å². The molecule has 150 valence electrons. The molecule has 1 atom stereocenters. The van der Waals surface area contributed by atoms with Crippen LogP contribution in [0.25, 0.3) is 5.69 Å². The number of aromatic nitrogens is 2. The summed E-state index contributed by atoms with van der Waals surface area (Å²) in [6.07, 6.45) is 0.450. The van der Waals surface area contributed by atoms with E-state index >= 15 is 0 Å². The molecule has 2 amide bonds. The molecule has 0 radical (unpaired) electrons. The highest BCUT2D eigenvalue weighted by molar-refractivity contribution is 7.90. The van der Waals surface area contributed by atoms with Crippen LogP contribution in [0.1, 0.15) is 24.6 Å². The Bertz CT molecular complexity index is 1010. The van der Waals surface area contributed by atoms with Crippen LogP contribution in [0.3, 0.4) is 0 Å². The standard InChI is InChI=1S/C17H19ClN4O5S/c1-2-11(7-23)19-16(24)17(25)20-15-13-8-28(26,27)9-14(13)21-22(15)12-5-3-10(18)4-6-12/h3-6,11,23H,2,7-9H2,1H3,(H,19,24)(H,20,25). The number of nitrogens with one attached hydrogen (secondary N) is 2. The molecule has 1 aliphatic rings. The van der Waals surface area contributed by atoms with Crippen LogP contribution < -0.4 is 10.6 Å². The lowest BCUT2D eigenvalue weighted by molar-refractivity contribution is -0.136. The summed E-state index contributed by atoms with van der Waals surface area (Å²) in [5, 5.41) is 18.9. The molecular weight excluding hydrogens is 408 g/mol. The van der Waals surface area contributed by atoms with Crippen molar-refractivity contribution >= 4 is 39.1 Å². The number of hydrogen-bond donors (Lipinski definition) is 3. The maximum absolute atomic E-state index is 12.4. The predicted molar refractivity (Wildman–Crippen MR) is 103 cm³/mol. The van der Waals surface area contributed by atoms with Gasteiger partial charge < -0.3 is 15.7 Å². The number of rotatable bonds is 5. The number of benzene rings is 1. The third-order valence-electron chi connectivity index (χ3n) is 4.35. The Morgan fingerprint density at radius 3 is 2.54 bits per heavy atom. The van der Waals surface area contributed by atoms with E-state index in [1.54, 1.807) is 31.2 Å². The molecule has 1 aliphatic heterocycles. The van der Waals surface area contributed by atoms with Crippen molar-refractivity contribution in [2.45, 2.75) is 30.9 Å². The van der Waals surface area contributed by atoms with E-state index in [-0.39, 0.29) is 23.9 Å². The topological polar surface area (TPSA) is 130 Å². The molecule has 28 heavy (non-hydrogen) atoms. The maximum atomic E-state index is 12.4. The lowest BCUT2D eigenvalue weighted by Crippen LogP contribution is -2.43. The number of aliphatic hydroxyl groups excluding tert-OH is 1. The van der Waals surface area contributed by atoms with E-state index in [4.69, 9.17) is 11.6 Å². The second kappa shape index (κ2) is 7.90. The molecule has 2 heterocycles. The van der Waals surface area contributed by atoms with Gasteiger partial charge in [-0.15, -0.1) is 0 Å². The fourth-order valence-corrected chi connectivity index (χ4v) is 4.45. The Kier molecular flexibility index (Phi) is 5.73. The highest BCUT2D eigenvalue weighted by Crippen LogP contribution is 2.33. The van der Waals surface area contributed by atoms with Gasteiger partial charge in [0.05, 0.1) is 35.5 Å². The van der Waals surface area contributed by atoms with E-state index in [2.05, 4.69) is 15.7 Å². The first-order chi connectivity index (χ1) is 13.2. The summed E-state index contributed by atoms with van der Waals surface area (Å²) in [6, 6.07) is 6.03. The average molecular weight is 427 g/mol. The zero-order valence-electron chi connectivity index (χ0n) is 15.0. The SMILES string of the molecule is CCC(CO)NC(=O)C(=O)Nc1c2c(nn1-c1ccc(Cl)cc1)CS(=O)(=O)C2. The second-order valence-electron chi connectivity index (χ2n) is 6.41. The molecule has 0 bridgehead atoms. The number of sulfone groups is 1. The molecule has 1 aromatic carbocycles. The normalized spacial score (nSPS) is 15.7. The van der Waals surface area contributed by atoms with E-state index in [1.807, 2.05) is 0 Å². The number of aliphatic hydroxyl groups is 1. The summed E-state index contributed by atoms with van der Waals surface area (Å²) >= 11 is 5.90. The minimum atomic E-state index is -3.36. The number of nitrogens with zero attached hydrogens (tertiary/aromatic N) is 2. The van der Waals surface area contributed by atoms with Gasteiger partial charge in [-0.2, -0.15) is 5.10 Å². The van der Waals surface area contributed by atoms with Gasteiger partial charge in [0.15, 0.2) is 9.84 Å². The van der Waals surface area contributed by atoms with Gasteiger partial charge in [0.1, 0.15) is 5.82 Å². The van der Waals surface area contributed by atoms with Crippen LogP contribution in [-0.4, -0.2) is 47.8 Å². The Balaban J connectivity index is 1.94. The molecular formula is C17H19ClN4O5S. The average Bonchev–Trinajstić information content (AvgIpc) is 3.12. The first-order valence-corrected chi connectivity index (χ1v) is 10.7. The second-order valence-corrected chi connectivity index (χ2v) is 8.91. The van der Waals surface area contributed by atoms with Gasteiger partial charge in [-0.3, -0.25) is 9.59 Å². The molecule has 0 aliphatic carbocycles. The largest absolute Gasteiger partial charge is 0.394 e. The first-order valence-electron chi connectivity index (χ1n) is 8.54. The molecule has 3 rings (SSSR count). The quantitative estimate of drug-likeness (QED) is 0.605. The van der Waals surface area contributed by atoms with Crippen LogP contribution >= 0.6 is 11.6 Å². The summed E-state index contributed by atoms with van der Waals surface area (Å²) in [5.41, 5.74) is 1.23. The molecule has 1 unspecified atom stereocenters. The maximum Gasteiger partial charge on any atom is 0.314 e. The molecule has 0 saturated carbocycles. The third kappa shape index (κ3) is 4.18. The van der Waals surface area contributed by atoms with E-state index < -0.39 is 27.7 Å². The molecule has 0 saturated heterocycles. The van der Waals surface area contributed by atoms with Crippen LogP contribution in [-0.2, 0) is 30.9 Å². The molecule has 0 fully saturated rings. The predicted octanol–water partition coefficient (Wildman–Crippen LogP) is 0.780. The van der Waals surface area contributed by atoms with Crippen LogP contribution in [0.5, 0.6) is 0 Å². The lowest BCUT2D eigenvalue weighted by Gasteiger charge is -2.15. The van der Waals surface area contributed by atoms with Crippen LogP contribution in [0.4, 0.5) is 5.82 Å². The number of fused-ring (bicyclic) bond motifs is 1. The highest BCUT2D eigenvalue weighted by atomic mass is 35.5. The molecule has 9 nitrogen and oxygen atoms in total. The zero-order valence-corrected chi connectivity index (χ0v) is 16.5. The summed E-state index contributed by atoms with van der Waals surface area (Å²) < 4.78 is 25.3. The highest BCUT2D eigenvalue weighted by Gasteiger charge is 2.34. The van der Waals surface area contributed by atoms with Crippen molar-refractivity contribution in [1.29, 1.82) is 0 Å². The van der Waals surface area contributed by atoms with Gasteiger partial charge >= 0.3 is 11.8 Å². The van der Waals surface area contributed by atoms with Gasteiger partial charge in [-0.05, 0) is 30.7 Å². The van der Waals surface area contributed by atoms with Crippen molar-refractivity contribution in [1.82, 2.24) is 15.1 Å². The minimum absolute atomic E-state index is 0.121. The van der Waals surface area contributed by atoms with Crippen LogP contribution in [0.15, 0.2) is 24.3 Å². The van der Waals surface area contributed by atoms with Gasteiger partial charge in [0.25, 0.3) is 0 Å². The Labute approximate surface area is 166 Å². The number of carbonyl (C=O) groups is 2. The number of amides is 2. The molecule has 2 aromatic rings. The Morgan fingerprint density at radius 2 is 1.93 bits per heavy atom. The summed E-state index contributed by atoms with van der Waals surface area (Å²) in [7, 11) is -3.36. The number of anilines is 1. The van der Waals surface area contributed by atoms with Crippen molar-refractivity contribution in [3.63, 3.8) is 0 Å². The summed E-state index contributed by atoms with van der Waals surface area (Å²) in [5.74, 6) is -2.30. The van der Waals surface area contributed by atoms with Crippen LogP contribution in [0, 0.1) is 0 Å². The van der Waals surface area contributed by atoms with Crippen molar-refractivity contribution in [3.05, 3.63) is 40.5 Å². The minimum Gasteiger partial charge on any atom is -0.394 e. The monoisotopic (exact) mass is 426 g/mol. The van der Waals surface area contributed by atoms with Crippen molar-refractivity contribution in [2.24, 2.45) is 0 Å². The van der Waals surface area contributed by atoms with E-state index in [0.29, 0.717) is 28.4 Å². The molecule has 11 heteroatoms. The third-order valence-corrected chi connectivity index (χ3v) is 6.04. The van der Waals surface area contributed by atoms with Crippen molar-refractivity contribution in [2.75, 3.05) is 11.9 Å². The first kappa shape index (κ1) is 20.3. The Morgan fingerprint density at radius 1 is 1.25 bits per heavy atom. The van der Waals surface area contributed by atoms with Gasteiger partial charge in [0.2, 0.25) is 0 Å². The van der Waals surface area contributed by atoms with Crippen molar-refractivity contribution < 1.29 is 23.1 Å². The lowest BCUT2D eigenvalue weighted by atomic mass is 10.2. The van der Waals surface area contributed by atoms with Crippen LogP contribution in [0.2, 0.25) is 5.02 Å². The molecule has 0 spiro atoms. The number of halogens is 1. The van der Waals surface area contributed by atoms with Gasteiger partial charge in [0, 0.05) is 10.6 Å². The Hall–Kier alpha value is -2.43. The molecule has 1 aromatic heterocycles. The van der Waals surface area contributed by atoms with E-state index in [1.165, 1.54) is 4.68 Å². The fraction of sp³-hybridized carbons (Fsp3) is 0.353.